The number of rotatable bonds is 20. The first-order chi connectivity index (χ1) is 29.6. The standard InChI is InChI=1S/C34H49N5O15.3Na.H2O4S.O3S/c1-4-19-21-22(20(5-2)52-19)31(45)39(30(21)44)10-13-48-11-7-6-8-18-16-38(37-36-18)9-12-49-14-15-50-34-27(43)26(42)28(29(54-34)32(46)47)53-33-23(35)25(41)24(40)17(3)51-33;;;;1-5(2,3)4;1-4(2)3/h4-5,16-17,19-29,33-35,40-43H,1-3,6-15H2,(H,46,47);;;;(H2,1,2,3,4);/q-2;3*+1;;/p-2/t17?,19-,20+,21+,22-,23?,24-,25-,26-,27?,28+,29?,33-,34-;;;;;/m1...../s1. The van der Waals surface area contributed by atoms with Crippen molar-refractivity contribution in [1.29, 1.82) is 0 Å². The molecule has 358 valence electrons. The van der Waals surface area contributed by atoms with Crippen molar-refractivity contribution in [2.24, 2.45) is 11.8 Å². The van der Waals surface area contributed by atoms with Crippen LogP contribution in [-0.4, -0.2) is 201 Å². The van der Waals surface area contributed by atoms with Gasteiger partial charge in [-0.15, -0.1) is 30.9 Å². The van der Waals surface area contributed by atoms with E-state index < -0.39 is 112 Å². The second kappa shape index (κ2) is 31.5. The molecule has 4 unspecified atom stereocenters. The van der Waals surface area contributed by atoms with Crippen molar-refractivity contribution in [3.63, 3.8) is 0 Å². The van der Waals surface area contributed by atoms with E-state index in [0.29, 0.717) is 19.6 Å². The number of aliphatic hydroxyl groups is 4. The number of hydrogen-bond donors (Lipinski definition) is 5. The number of imide groups is 1. The van der Waals surface area contributed by atoms with Crippen molar-refractivity contribution in [2.75, 3.05) is 39.6 Å². The number of carbonyl (C=O) groups excluding carboxylic acids is 3. The Kier molecular flexibility index (Phi) is 31.2. The summed E-state index contributed by atoms with van der Waals surface area (Å²) in [5.41, 5.74) is 8.78. The van der Waals surface area contributed by atoms with Crippen LogP contribution in [0, 0.1) is 18.8 Å². The second-order valence-electron chi connectivity index (χ2n) is 13.9. The number of unbranched alkanes of at least 4 members (excludes halogenated alkanes) is 1. The molecule has 14 atom stereocenters. The average molecular weight is 1010 g/mol. The van der Waals surface area contributed by atoms with Gasteiger partial charge in [-0.3, -0.25) is 19.0 Å². The molecule has 2 amide bonds. The second-order valence-corrected chi connectivity index (χ2v) is 15.2. The van der Waals surface area contributed by atoms with Crippen LogP contribution in [0.3, 0.4) is 0 Å². The Morgan fingerprint density at radius 2 is 1.41 bits per heavy atom. The van der Waals surface area contributed by atoms with E-state index >= 15 is 0 Å². The molecule has 0 radical (unpaired) electrons. The number of hydrogen-bond acceptors (Lipinski definition) is 23. The van der Waals surface area contributed by atoms with Crippen molar-refractivity contribution in [3.8, 4) is 0 Å². The monoisotopic (exact) mass is 1010 g/mol. The van der Waals surface area contributed by atoms with Gasteiger partial charge < -0.3 is 80.7 Å². The van der Waals surface area contributed by atoms with E-state index in [9.17, 15) is 39.9 Å². The van der Waals surface area contributed by atoms with Crippen LogP contribution in [0.15, 0.2) is 31.5 Å². The van der Waals surface area contributed by atoms with Crippen molar-refractivity contribution < 1.29 is 192 Å². The largest absolute Gasteiger partial charge is 1.00 e. The summed E-state index contributed by atoms with van der Waals surface area (Å²) in [7, 11) is -8.03. The topological polar surface area (TPSA) is 406 Å². The van der Waals surface area contributed by atoms with E-state index in [1.54, 1.807) is 23.0 Å². The maximum absolute atomic E-state index is 12.9. The van der Waals surface area contributed by atoms with Gasteiger partial charge in [-0.1, -0.05) is 23.4 Å². The third kappa shape index (κ3) is 19.8. The Morgan fingerprint density at radius 3 is 1.95 bits per heavy atom. The third-order valence-electron chi connectivity index (χ3n) is 9.74. The maximum atomic E-state index is 12.9. The van der Waals surface area contributed by atoms with E-state index in [1.807, 2.05) is 0 Å². The molecule has 1 aromatic rings. The Bertz CT molecular complexity index is 1880. The number of carboxylic acids is 1. The quantitative estimate of drug-likeness (QED) is 0.0154. The van der Waals surface area contributed by atoms with Gasteiger partial charge in [0.15, 0.2) is 6.29 Å². The maximum Gasteiger partial charge on any atom is 1.00 e. The van der Waals surface area contributed by atoms with E-state index in [0.717, 1.165) is 18.5 Å². The normalized spacial score (nSPS) is 31.3. The van der Waals surface area contributed by atoms with Crippen LogP contribution in [0.4, 0.5) is 0 Å². The number of nitrogens with one attached hydrogen (secondary N) is 1. The van der Waals surface area contributed by atoms with Crippen LogP contribution in [0.1, 0.15) is 18.5 Å². The molecule has 5 rings (SSSR count). The molecule has 32 heteroatoms. The predicted octanol–water partition coefficient (Wildman–Crippen LogP) is -14.3. The summed E-state index contributed by atoms with van der Waals surface area (Å²) in [6.07, 6.45) is -8.89. The fourth-order valence-corrected chi connectivity index (χ4v) is 6.77. The molecule has 0 aliphatic carbocycles. The fraction of sp³-hybridized carbons (Fsp3) is 0.706. The summed E-state index contributed by atoms with van der Waals surface area (Å²) in [5.74, 6) is -3.50. The Balaban J connectivity index is 0.00000322. The number of carbonyl (C=O) groups is 3. The van der Waals surface area contributed by atoms with Gasteiger partial charge >= 0.3 is 99.3 Å². The van der Waals surface area contributed by atoms with Gasteiger partial charge in [0.05, 0.1) is 87.4 Å². The number of fused-ring (bicyclic) bond motifs is 1. The van der Waals surface area contributed by atoms with Crippen molar-refractivity contribution in [3.05, 3.63) is 49.9 Å². The molecule has 0 saturated carbocycles. The Labute approximate surface area is 447 Å². The minimum Gasteiger partial charge on any atom is -0.726 e. The zero-order valence-electron chi connectivity index (χ0n) is 36.3. The van der Waals surface area contributed by atoms with Gasteiger partial charge in [0.2, 0.25) is 22.2 Å². The van der Waals surface area contributed by atoms with Gasteiger partial charge in [-0.2, -0.15) is 0 Å². The first kappa shape index (κ1) is 65.2. The molecule has 27 nitrogen and oxygen atoms in total. The number of nitrogens with zero attached hydrogens (tertiary/aromatic N) is 4. The predicted molar refractivity (Wildman–Crippen MR) is 200 cm³/mol. The number of aliphatic carboxylic acids is 1. The molecule has 5 heterocycles. The number of amides is 2. The van der Waals surface area contributed by atoms with Crippen LogP contribution in [0.25, 0.3) is 5.73 Å². The molecule has 4 aliphatic heterocycles. The first-order valence-electron chi connectivity index (χ1n) is 18.9. The minimum atomic E-state index is -4.92. The van der Waals surface area contributed by atoms with E-state index in [1.165, 1.54) is 4.90 Å². The molecule has 4 aliphatic rings. The smallest absolute Gasteiger partial charge is 0.726 e. The molecule has 6 N–H and O–H groups in total. The zero-order valence-corrected chi connectivity index (χ0v) is 43.9. The Hall–Kier alpha value is -0.760. The molecular weight excluding hydrogens is 963 g/mol. The number of aliphatic hydroxyl groups excluding tert-OH is 4. The molecular formula is C34H49N5Na3O22S2-. The average Bonchev–Trinajstić information content (AvgIpc) is 3.89. The Morgan fingerprint density at radius 1 is 0.864 bits per heavy atom. The molecule has 4 fully saturated rings. The minimum absolute atomic E-state index is 0. The zero-order chi connectivity index (χ0) is 47.2. The number of aryl methyl sites for hydroxylation is 1. The van der Waals surface area contributed by atoms with Gasteiger partial charge in [0, 0.05) is 12.8 Å². The molecule has 0 spiro atoms. The van der Waals surface area contributed by atoms with Crippen molar-refractivity contribution in [2.45, 2.75) is 99.4 Å². The molecule has 1 aromatic heterocycles. The van der Waals surface area contributed by atoms with Gasteiger partial charge in [-0.05, 0) is 25.4 Å². The number of ether oxygens (including phenoxy) is 7. The summed E-state index contributed by atoms with van der Waals surface area (Å²) in [6, 6.07) is -1.58. The van der Waals surface area contributed by atoms with E-state index in [4.69, 9.17) is 69.0 Å². The van der Waals surface area contributed by atoms with Crippen LogP contribution < -0.4 is 93.8 Å². The van der Waals surface area contributed by atoms with Gasteiger partial charge in [0.25, 0.3) is 0 Å². The summed E-state index contributed by atoms with van der Waals surface area (Å²) >= 11 is 0. The third-order valence-corrected chi connectivity index (χ3v) is 9.74. The molecule has 0 aromatic carbocycles. The number of likely N-dealkylation sites (tertiary alicyclic amines) is 1. The van der Waals surface area contributed by atoms with E-state index in [2.05, 4.69) is 30.4 Å². The summed E-state index contributed by atoms with van der Waals surface area (Å²) in [6.45, 7) is 12.2. The van der Waals surface area contributed by atoms with Crippen LogP contribution in [0.5, 0.6) is 0 Å². The van der Waals surface area contributed by atoms with Crippen molar-refractivity contribution in [1.82, 2.24) is 19.9 Å². The van der Waals surface area contributed by atoms with Crippen LogP contribution in [0.2, 0.25) is 0 Å². The summed E-state index contributed by atoms with van der Waals surface area (Å²) in [5, 5.41) is 61.1. The van der Waals surface area contributed by atoms with Crippen molar-refractivity contribution >= 4 is 38.8 Å². The summed E-state index contributed by atoms with van der Waals surface area (Å²) in [4.78, 5) is 38.8. The summed E-state index contributed by atoms with van der Waals surface area (Å²) < 4.78 is 98.1. The SMILES string of the molecule is C=C[C@@H]1O[C@H](C=C)[C@@H]2C(=O)N(CCOCCCCc3cn(CCOCCO[C@@H]4OC(C(=O)[O-])[C@@H](O[C@H]5OC([CH2-])[C@@H](O)[C@H](O)C5[NH-])[C@H](O)C4O)nn3)C(=O)[C@@H]21.O=S(=O)([O-])O.O=S(=O)=O.[Na+].[Na+].[Na+]. The first-order valence-corrected chi connectivity index (χ1v) is 21.3. The van der Waals surface area contributed by atoms with Gasteiger partial charge in [-0.25, -0.2) is 13.1 Å². The fourth-order valence-electron chi connectivity index (χ4n) is 6.77. The number of aromatic nitrogens is 3. The van der Waals surface area contributed by atoms with Gasteiger partial charge in [0.1, 0.15) is 30.7 Å². The molecule has 4 saturated heterocycles. The molecule has 0 bridgehead atoms. The number of carboxylic acid groups (broad SMARTS) is 1. The van der Waals surface area contributed by atoms with Crippen LogP contribution >= 0.6 is 0 Å². The van der Waals surface area contributed by atoms with Crippen LogP contribution in [-0.2, 0) is 81.5 Å². The van der Waals surface area contributed by atoms with E-state index in [-0.39, 0.29) is 133 Å². The molecule has 66 heavy (non-hydrogen) atoms.